The maximum Gasteiger partial charge on any atom is 0.0689 e. The minimum absolute atomic E-state index is 1.06. The smallest absolute Gasteiger partial charge is 0.0689 e. The van der Waals surface area contributed by atoms with Gasteiger partial charge in [0, 0.05) is 6.21 Å². The zero-order valence-electron chi connectivity index (χ0n) is 10.7. The Kier molecular flexibility index (Phi) is 7.61. The quantitative estimate of drug-likeness (QED) is 0.641. The first kappa shape index (κ1) is 13.9. The minimum Gasteiger partial charge on any atom is -0.261 e. The number of nitrogens with zero attached hydrogens (tertiary/aromatic N) is 1. The van der Waals surface area contributed by atoms with Gasteiger partial charge in [-0.3, -0.25) is 4.99 Å². The summed E-state index contributed by atoms with van der Waals surface area (Å²) in [5.74, 6) is 0. The first-order valence-corrected chi connectivity index (χ1v) is 5.92. The zero-order chi connectivity index (χ0) is 11.7. The predicted molar refractivity (Wildman–Crippen MR) is 70.4 cm³/mol. The summed E-state index contributed by atoms with van der Waals surface area (Å²) >= 11 is 0. The topological polar surface area (TPSA) is 12.4 Å². The molecule has 15 heavy (non-hydrogen) atoms. The van der Waals surface area contributed by atoms with E-state index in [-0.39, 0.29) is 0 Å². The number of rotatable bonds is 3. The van der Waals surface area contributed by atoms with Crippen LogP contribution in [0.25, 0.3) is 0 Å². The van der Waals surface area contributed by atoms with Gasteiger partial charge in [-0.15, -0.1) is 0 Å². The lowest BCUT2D eigenvalue weighted by Crippen LogP contribution is -1.88. The Bertz CT molecular complexity index is 278. The Morgan fingerprint density at radius 2 is 1.53 bits per heavy atom. The van der Waals surface area contributed by atoms with Gasteiger partial charge >= 0.3 is 0 Å². The molecule has 0 unspecified atom stereocenters. The van der Waals surface area contributed by atoms with E-state index in [9.17, 15) is 0 Å². The summed E-state index contributed by atoms with van der Waals surface area (Å²) in [4.78, 5) is 4.42. The Labute approximate surface area is 94.3 Å². The molecule has 1 aromatic carbocycles. The van der Waals surface area contributed by atoms with Crippen LogP contribution in [0.2, 0.25) is 0 Å². The molecule has 0 atom stereocenters. The molecule has 0 radical (unpaired) electrons. The monoisotopic (exact) mass is 205 g/mol. The Morgan fingerprint density at radius 3 is 1.87 bits per heavy atom. The molecule has 1 nitrogen and oxygen atoms in total. The fraction of sp³-hybridized carbons (Fsp3) is 0.500. The van der Waals surface area contributed by atoms with Gasteiger partial charge in [-0.1, -0.05) is 45.9 Å². The van der Waals surface area contributed by atoms with Gasteiger partial charge in [-0.05, 0) is 30.9 Å². The van der Waals surface area contributed by atoms with Crippen molar-refractivity contribution in [3.8, 4) is 0 Å². The van der Waals surface area contributed by atoms with E-state index in [1.54, 1.807) is 0 Å². The van der Waals surface area contributed by atoms with Crippen molar-refractivity contribution in [1.82, 2.24) is 0 Å². The van der Waals surface area contributed by atoms with Gasteiger partial charge < -0.3 is 0 Å². The van der Waals surface area contributed by atoms with Gasteiger partial charge in [-0.25, -0.2) is 0 Å². The summed E-state index contributed by atoms with van der Waals surface area (Å²) in [6, 6.07) is 6.43. The largest absolute Gasteiger partial charge is 0.261 e. The standard InChI is InChI=1S/C12H17N.C2H6/c1-4-10-8-7-9-11(5-2)12(10)13-6-3;1-2/h6-9H,4-5H2,1-3H3;1-2H3. The summed E-state index contributed by atoms with van der Waals surface area (Å²) in [5.41, 5.74) is 3.87. The van der Waals surface area contributed by atoms with E-state index in [4.69, 9.17) is 0 Å². The summed E-state index contributed by atoms with van der Waals surface area (Å²) in [6.07, 6.45) is 3.98. The molecular formula is C14H23N. The van der Waals surface area contributed by atoms with E-state index >= 15 is 0 Å². The first-order chi connectivity index (χ1) is 7.33. The zero-order valence-corrected chi connectivity index (χ0v) is 10.7. The molecule has 84 valence electrons. The third-order valence-electron chi connectivity index (χ3n) is 2.22. The predicted octanol–water partition coefficient (Wildman–Crippen LogP) is 4.56. The third-order valence-corrected chi connectivity index (χ3v) is 2.22. The molecule has 0 saturated carbocycles. The van der Waals surface area contributed by atoms with E-state index in [1.165, 1.54) is 16.8 Å². The summed E-state index contributed by atoms with van der Waals surface area (Å²) in [5, 5.41) is 0. The average Bonchev–Trinajstić information content (AvgIpc) is 2.32. The molecule has 0 heterocycles. The van der Waals surface area contributed by atoms with Crippen LogP contribution in [0.1, 0.15) is 45.7 Å². The molecule has 0 aliphatic carbocycles. The van der Waals surface area contributed by atoms with Crippen molar-refractivity contribution in [2.75, 3.05) is 0 Å². The highest BCUT2D eigenvalue weighted by molar-refractivity contribution is 5.65. The fourth-order valence-corrected chi connectivity index (χ4v) is 1.51. The van der Waals surface area contributed by atoms with Crippen LogP contribution in [0.15, 0.2) is 23.2 Å². The van der Waals surface area contributed by atoms with Gasteiger partial charge in [0.1, 0.15) is 0 Å². The number of benzene rings is 1. The Hall–Kier alpha value is -1.11. The molecule has 0 aromatic heterocycles. The molecule has 1 aromatic rings. The number of aryl methyl sites for hydroxylation is 2. The van der Waals surface area contributed by atoms with Gasteiger partial charge in [0.15, 0.2) is 0 Å². The van der Waals surface area contributed by atoms with Crippen LogP contribution in [0.3, 0.4) is 0 Å². The van der Waals surface area contributed by atoms with Crippen LogP contribution in [-0.4, -0.2) is 6.21 Å². The van der Waals surface area contributed by atoms with Crippen LogP contribution in [0.5, 0.6) is 0 Å². The molecule has 1 heteroatoms. The van der Waals surface area contributed by atoms with E-state index in [0.717, 1.165) is 12.8 Å². The number of hydrogen-bond donors (Lipinski definition) is 0. The Balaban J connectivity index is 0.000000921. The lowest BCUT2D eigenvalue weighted by atomic mass is 10.0. The molecule has 0 saturated heterocycles. The van der Waals surface area contributed by atoms with Crippen molar-refractivity contribution < 1.29 is 0 Å². The van der Waals surface area contributed by atoms with E-state index in [1.807, 2.05) is 27.0 Å². The highest BCUT2D eigenvalue weighted by atomic mass is 14.7. The van der Waals surface area contributed by atoms with E-state index in [2.05, 4.69) is 37.0 Å². The lowest BCUT2D eigenvalue weighted by Gasteiger charge is -2.07. The maximum absolute atomic E-state index is 4.42. The van der Waals surface area contributed by atoms with Crippen molar-refractivity contribution in [2.24, 2.45) is 4.99 Å². The van der Waals surface area contributed by atoms with Gasteiger partial charge in [0.25, 0.3) is 0 Å². The van der Waals surface area contributed by atoms with Crippen LogP contribution < -0.4 is 0 Å². The van der Waals surface area contributed by atoms with Crippen LogP contribution in [0, 0.1) is 0 Å². The van der Waals surface area contributed by atoms with E-state index < -0.39 is 0 Å². The number of hydrogen-bond acceptors (Lipinski definition) is 1. The number of aliphatic imine (C=N–C) groups is 1. The van der Waals surface area contributed by atoms with Crippen molar-refractivity contribution in [3.63, 3.8) is 0 Å². The maximum atomic E-state index is 4.42. The van der Waals surface area contributed by atoms with Crippen molar-refractivity contribution in [3.05, 3.63) is 29.3 Å². The molecular weight excluding hydrogens is 182 g/mol. The fourth-order valence-electron chi connectivity index (χ4n) is 1.51. The minimum atomic E-state index is 1.06. The first-order valence-electron chi connectivity index (χ1n) is 5.92. The molecule has 1 rings (SSSR count). The molecule has 0 fully saturated rings. The highest BCUT2D eigenvalue weighted by Gasteiger charge is 2.02. The lowest BCUT2D eigenvalue weighted by molar-refractivity contribution is 1.08. The second-order valence-corrected chi connectivity index (χ2v) is 3.02. The molecule has 0 amide bonds. The van der Waals surface area contributed by atoms with Gasteiger partial charge in [0.2, 0.25) is 0 Å². The normalized spacial score (nSPS) is 9.93. The molecule has 0 spiro atoms. The molecule has 0 bridgehead atoms. The van der Waals surface area contributed by atoms with E-state index in [0.29, 0.717) is 0 Å². The van der Waals surface area contributed by atoms with Gasteiger partial charge in [0.05, 0.1) is 5.69 Å². The Morgan fingerprint density at radius 1 is 1.07 bits per heavy atom. The van der Waals surface area contributed by atoms with Crippen LogP contribution in [0.4, 0.5) is 5.69 Å². The average molecular weight is 205 g/mol. The van der Waals surface area contributed by atoms with Gasteiger partial charge in [-0.2, -0.15) is 0 Å². The molecule has 0 aliphatic rings. The van der Waals surface area contributed by atoms with Crippen molar-refractivity contribution >= 4 is 11.9 Å². The van der Waals surface area contributed by atoms with Crippen LogP contribution >= 0.6 is 0 Å². The van der Waals surface area contributed by atoms with Crippen molar-refractivity contribution in [1.29, 1.82) is 0 Å². The molecule has 0 aliphatic heterocycles. The second-order valence-electron chi connectivity index (χ2n) is 3.02. The highest BCUT2D eigenvalue weighted by Crippen LogP contribution is 2.25. The molecule has 0 N–H and O–H groups in total. The summed E-state index contributed by atoms with van der Waals surface area (Å²) in [6.45, 7) is 10.3. The van der Waals surface area contributed by atoms with Crippen LogP contribution in [-0.2, 0) is 12.8 Å². The third kappa shape index (κ3) is 3.86. The summed E-state index contributed by atoms with van der Waals surface area (Å²) < 4.78 is 0. The van der Waals surface area contributed by atoms with Crippen molar-refractivity contribution in [2.45, 2.75) is 47.5 Å². The second kappa shape index (κ2) is 8.22. The number of para-hydroxylation sites is 1. The summed E-state index contributed by atoms with van der Waals surface area (Å²) in [7, 11) is 0. The SMILES string of the molecule is CC.CC=Nc1c(CC)cccc1CC.